The van der Waals surface area contributed by atoms with E-state index in [1.54, 1.807) is 20.8 Å². The number of carbonyl (C=O) groups is 1. The number of rotatable bonds is 6. The predicted molar refractivity (Wildman–Crippen MR) is 79.0 cm³/mol. The number of hydrogen-bond donors (Lipinski definition) is 3. The lowest BCUT2D eigenvalue weighted by molar-refractivity contribution is 0.0613. The first-order chi connectivity index (χ1) is 9.50. The Morgan fingerprint density at radius 2 is 1.86 bits per heavy atom. The molecule has 21 heavy (non-hydrogen) atoms. The van der Waals surface area contributed by atoms with Crippen LogP contribution in [0.25, 0.3) is 0 Å². The fourth-order valence-corrected chi connectivity index (χ4v) is 3.22. The second-order valence-corrected chi connectivity index (χ2v) is 7.15. The Morgan fingerprint density at radius 1 is 1.29 bits per heavy atom. The summed E-state index contributed by atoms with van der Waals surface area (Å²) in [6, 6.07) is 2.67. The molecule has 1 unspecified atom stereocenters. The molecule has 0 amide bonds. The van der Waals surface area contributed by atoms with Gasteiger partial charge in [0.15, 0.2) is 0 Å². The number of carboxylic acid groups (broad SMARTS) is 1. The van der Waals surface area contributed by atoms with Crippen LogP contribution in [0, 0.1) is 13.8 Å². The van der Waals surface area contributed by atoms with Crippen LogP contribution in [0.2, 0.25) is 0 Å². The molecular weight excluding hydrogens is 294 g/mol. The minimum Gasteiger partial charge on any atom is -0.478 e. The van der Waals surface area contributed by atoms with Crippen LogP contribution in [0.5, 0.6) is 0 Å². The van der Waals surface area contributed by atoms with Gasteiger partial charge in [0.25, 0.3) is 0 Å². The molecule has 0 aliphatic carbocycles. The fourth-order valence-electron chi connectivity index (χ4n) is 1.81. The highest BCUT2D eigenvalue weighted by Gasteiger charge is 2.25. The number of aliphatic hydroxyl groups is 1. The van der Waals surface area contributed by atoms with Crippen LogP contribution in [0.15, 0.2) is 17.0 Å². The highest BCUT2D eigenvalue weighted by Crippen LogP contribution is 2.21. The lowest BCUT2D eigenvalue weighted by Crippen LogP contribution is -2.40. The molecule has 0 aliphatic heterocycles. The number of carboxylic acids is 1. The maximum atomic E-state index is 12.3. The van der Waals surface area contributed by atoms with Gasteiger partial charge in [-0.1, -0.05) is 13.0 Å². The summed E-state index contributed by atoms with van der Waals surface area (Å²) >= 11 is 0. The van der Waals surface area contributed by atoms with E-state index in [2.05, 4.69) is 4.72 Å². The zero-order valence-corrected chi connectivity index (χ0v) is 13.4. The van der Waals surface area contributed by atoms with Crippen molar-refractivity contribution in [3.8, 4) is 0 Å². The third-order valence-electron chi connectivity index (χ3n) is 3.45. The van der Waals surface area contributed by atoms with Crippen molar-refractivity contribution in [1.82, 2.24) is 4.72 Å². The molecular formula is C14H21NO5S. The third-order valence-corrected chi connectivity index (χ3v) is 4.99. The van der Waals surface area contributed by atoms with Crippen molar-refractivity contribution in [3.05, 3.63) is 28.8 Å². The molecule has 0 heterocycles. The highest BCUT2D eigenvalue weighted by atomic mass is 32.2. The summed E-state index contributed by atoms with van der Waals surface area (Å²) in [7, 11) is -3.88. The lowest BCUT2D eigenvalue weighted by Gasteiger charge is -2.22. The molecule has 0 saturated carbocycles. The Hall–Kier alpha value is -1.44. The van der Waals surface area contributed by atoms with Crippen LogP contribution < -0.4 is 4.72 Å². The maximum absolute atomic E-state index is 12.3. The van der Waals surface area contributed by atoms with E-state index in [9.17, 15) is 18.3 Å². The number of hydrogen-bond acceptors (Lipinski definition) is 4. The summed E-state index contributed by atoms with van der Waals surface area (Å²) in [6.45, 7) is 6.35. The van der Waals surface area contributed by atoms with E-state index in [0.29, 0.717) is 17.5 Å². The molecule has 0 aliphatic rings. The summed E-state index contributed by atoms with van der Waals surface area (Å²) in [5.41, 5.74) is -0.245. The number of aromatic carboxylic acids is 1. The van der Waals surface area contributed by atoms with Crippen LogP contribution in [0.1, 0.15) is 41.8 Å². The second kappa shape index (κ2) is 6.13. The van der Waals surface area contributed by atoms with Gasteiger partial charge in [0.1, 0.15) is 0 Å². The average Bonchev–Trinajstić information content (AvgIpc) is 2.36. The van der Waals surface area contributed by atoms with Gasteiger partial charge in [-0.25, -0.2) is 17.9 Å². The third kappa shape index (κ3) is 4.26. The molecule has 3 N–H and O–H groups in total. The molecule has 0 saturated heterocycles. The van der Waals surface area contributed by atoms with Gasteiger partial charge in [0.2, 0.25) is 10.0 Å². The van der Waals surface area contributed by atoms with E-state index in [0.717, 1.165) is 6.07 Å². The van der Waals surface area contributed by atoms with Crippen molar-refractivity contribution in [1.29, 1.82) is 0 Å². The van der Waals surface area contributed by atoms with Gasteiger partial charge < -0.3 is 10.2 Å². The fraction of sp³-hybridized carbons (Fsp3) is 0.500. The zero-order valence-electron chi connectivity index (χ0n) is 12.6. The van der Waals surface area contributed by atoms with Gasteiger partial charge >= 0.3 is 5.97 Å². The minimum atomic E-state index is -3.88. The summed E-state index contributed by atoms with van der Waals surface area (Å²) in [4.78, 5) is 11.0. The molecule has 1 aromatic rings. The summed E-state index contributed by atoms with van der Waals surface area (Å²) in [5.74, 6) is -1.18. The molecule has 118 valence electrons. The van der Waals surface area contributed by atoms with Gasteiger partial charge in [-0.3, -0.25) is 0 Å². The smallest absolute Gasteiger partial charge is 0.335 e. The van der Waals surface area contributed by atoms with E-state index in [4.69, 9.17) is 5.11 Å². The molecule has 1 aromatic carbocycles. The largest absolute Gasteiger partial charge is 0.478 e. The van der Waals surface area contributed by atoms with E-state index < -0.39 is 21.6 Å². The topological polar surface area (TPSA) is 104 Å². The Balaban J connectivity index is 3.20. The first-order valence-corrected chi connectivity index (χ1v) is 8.05. The van der Waals surface area contributed by atoms with Crippen LogP contribution in [0.4, 0.5) is 0 Å². The van der Waals surface area contributed by atoms with Gasteiger partial charge in [-0.05, 0) is 44.4 Å². The van der Waals surface area contributed by atoms with Gasteiger partial charge in [0, 0.05) is 6.54 Å². The normalized spacial score (nSPS) is 14.7. The molecule has 6 nitrogen and oxygen atoms in total. The molecule has 0 bridgehead atoms. The maximum Gasteiger partial charge on any atom is 0.335 e. The average molecular weight is 315 g/mol. The van der Waals surface area contributed by atoms with E-state index in [1.165, 1.54) is 13.0 Å². The molecule has 7 heteroatoms. The molecule has 0 aromatic heterocycles. The molecule has 0 fully saturated rings. The van der Waals surface area contributed by atoms with Gasteiger partial charge in [-0.2, -0.15) is 0 Å². The van der Waals surface area contributed by atoms with E-state index in [-0.39, 0.29) is 17.0 Å². The molecule has 0 radical (unpaired) electrons. The molecule has 0 spiro atoms. The van der Waals surface area contributed by atoms with Crippen molar-refractivity contribution in [3.63, 3.8) is 0 Å². The minimum absolute atomic E-state index is 0.0526. The Morgan fingerprint density at radius 3 is 2.33 bits per heavy atom. The van der Waals surface area contributed by atoms with Crippen molar-refractivity contribution < 1.29 is 23.4 Å². The first kappa shape index (κ1) is 17.6. The molecule has 1 atom stereocenters. The molecule has 1 rings (SSSR count). The van der Waals surface area contributed by atoms with Crippen molar-refractivity contribution >= 4 is 16.0 Å². The van der Waals surface area contributed by atoms with E-state index >= 15 is 0 Å². The lowest BCUT2D eigenvalue weighted by atomic mass is 10.1. The SMILES string of the molecule is CCC(C)(O)CNS(=O)(=O)c1cc(C(=O)O)c(C)cc1C. The Kier molecular flexibility index (Phi) is 5.14. The summed E-state index contributed by atoms with van der Waals surface area (Å²) in [5, 5.41) is 19.0. The Labute approximate surface area is 124 Å². The number of aryl methyl sites for hydroxylation is 2. The second-order valence-electron chi connectivity index (χ2n) is 5.41. The monoisotopic (exact) mass is 315 g/mol. The highest BCUT2D eigenvalue weighted by molar-refractivity contribution is 7.89. The quantitative estimate of drug-likeness (QED) is 0.737. The summed E-state index contributed by atoms with van der Waals surface area (Å²) in [6.07, 6.45) is 0.392. The van der Waals surface area contributed by atoms with Gasteiger partial charge in [-0.15, -0.1) is 0 Å². The first-order valence-electron chi connectivity index (χ1n) is 6.57. The number of nitrogens with one attached hydrogen (secondary N) is 1. The van der Waals surface area contributed by atoms with Crippen LogP contribution in [-0.2, 0) is 10.0 Å². The predicted octanol–water partition coefficient (Wildman–Crippen LogP) is 1.44. The van der Waals surface area contributed by atoms with Crippen LogP contribution >= 0.6 is 0 Å². The Bertz CT molecular complexity index is 650. The van der Waals surface area contributed by atoms with E-state index in [1.807, 2.05) is 0 Å². The van der Waals surface area contributed by atoms with Crippen molar-refractivity contribution in [2.24, 2.45) is 0 Å². The van der Waals surface area contributed by atoms with Crippen molar-refractivity contribution in [2.45, 2.75) is 44.6 Å². The summed E-state index contributed by atoms with van der Waals surface area (Å²) < 4.78 is 26.9. The zero-order chi connectivity index (χ0) is 16.4. The van der Waals surface area contributed by atoms with Crippen LogP contribution in [0.3, 0.4) is 0 Å². The van der Waals surface area contributed by atoms with Crippen LogP contribution in [-0.4, -0.2) is 36.7 Å². The van der Waals surface area contributed by atoms with Gasteiger partial charge in [0.05, 0.1) is 16.1 Å². The van der Waals surface area contributed by atoms with Crippen molar-refractivity contribution in [2.75, 3.05) is 6.54 Å². The standard InChI is InChI=1S/C14H21NO5S/c1-5-14(4,18)8-15-21(19,20)12-7-11(13(16)17)9(2)6-10(12)3/h6-7,15,18H,5,8H2,1-4H3,(H,16,17). The number of benzene rings is 1. The number of sulfonamides is 1.